The predicted molar refractivity (Wildman–Crippen MR) is 158 cm³/mol. The smallest absolute Gasteiger partial charge is 0.371 e. The Balaban J connectivity index is 1.32. The average Bonchev–Trinajstić information content (AvgIpc) is 3.02. The first kappa shape index (κ1) is 30.9. The van der Waals surface area contributed by atoms with Crippen molar-refractivity contribution in [2.75, 3.05) is 6.61 Å². The highest BCUT2D eigenvalue weighted by atomic mass is 19.1. The molecule has 0 amide bonds. The average molecular weight is 595 g/mol. The van der Waals surface area contributed by atoms with E-state index in [2.05, 4.69) is 29.7 Å². The Hall–Kier alpha value is -6.01. The van der Waals surface area contributed by atoms with Crippen LogP contribution in [-0.4, -0.2) is 24.5 Å². The van der Waals surface area contributed by atoms with Gasteiger partial charge in [-0.3, -0.25) is 4.79 Å². The van der Waals surface area contributed by atoms with Crippen LogP contribution in [0.25, 0.3) is 11.1 Å². The van der Waals surface area contributed by atoms with Gasteiger partial charge in [-0.1, -0.05) is 49.3 Å². The molecule has 0 aliphatic rings. The molecule has 0 N–H and O–H groups in total. The van der Waals surface area contributed by atoms with E-state index >= 15 is 0 Å². The maximum absolute atomic E-state index is 14.4. The lowest BCUT2D eigenvalue weighted by atomic mass is 10.0. The summed E-state index contributed by atoms with van der Waals surface area (Å²) >= 11 is 0. The molecule has 7 nitrogen and oxygen atoms in total. The third-order valence-electron chi connectivity index (χ3n) is 5.87. The minimum absolute atomic E-state index is 0.00769. The summed E-state index contributed by atoms with van der Waals surface area (Å²) in [6.07, 6.45) is 0.981. The van der Waals surface area contributed by atoms with Gasteiger partial charge in [0.1, 0.15) is 11.5 Å². The van der Waals surface area contributed by atoms with E-state index in [0.717, 1.165) is 23.0 Å². The molecule has 0 unspecified atom stereocenters. The molecule has 220 valence electrons. The monoisotopic (exact) mass is 594 g/mol. The molecule has 4 aromatic rings. The Morgan fingerprint density at radius 2 is 1.34 bits per heavy atom. The Bertz CT molecular complexity index is 1750. The number of ether oxygens (including phenoxy) is 4. The zero-order valence-corrected chi connectivity index (χ0v) is 23.2. The molecule has 0 saturated carbocycles. The van der Waals surface area contributed by atoms with Crippen LogP contribution in [0, 0.1) is 17.7 Å². The summed E-state index contributed by atoms with van der Waals surface area (Å²) in [5.41, 5.74) is 3.16. The predicted octanol–water partition coefficient (Wildman–Crippen LogP) is 6.96. The van der Waals surface area contributed by atoms with E-state index in [-0.39, 0.29) is 30.1 Å². The first-order valence-electron chi connectivity index (χ1n) is 13.1. The topological polar surface area (TPSA) is 88.1 Å². The van der Waals surface area contributed by atoms with Crippen LogP contribution >= 0.6 is 0 Å². The first-order valence-corrected chi connectivity index (χ1v) is 13.1. The molecule has 0 aliphatic carbocycles. The first-order chi connectivity index (χ1) is 21.2. The lowest BCUT2D eigenvalue weighted by molar-refractivity contribution is -0.138. The van der Waals surface area contributed by atoms with Gasteiger partial charge in [-0.15, -0.1) is 0 Å². The molecule has 0 heterocycles. The summed E-state index contributed by atoms with van der Waals surface area (Å²) < 4.78 is 47.2. The van der Waals surface area contributed by atoms with E-state index in [1.807, 2.05) is 24.3 Å². The van der Waals surface area contributed by atoms with Crippen LogP contribution in [0.2, 0.25) is 0 Å². The fourth-order valence-electron chi connectivity index (χ4n) is 3.69. The van der Waals surface area contributed by atoms with Crippen molar-refractivity contribution in [3.63, 3.8) is 0 Å². The van der Waals surface area contributed by atoms with E-state index < -0.39 is 29.6 Å². The Morgan fingerprint density at radius 1 is 0.773 bits per heavy atom. The quantitative estimate of drug-likeness (QED) is 0.0645. The van der Waals surface area contributed by atoms with E-state index in [1.165, 1.54) is 36.4 Å². The highest BCUT2D eigenvalue weighted by molar-refractivity contribution is 5.91. The highest BCUT2D eigenvalue weighted by Gasteiger charge is 2.12. The molecule has 0 radical (unpaired) electrons. The molecule has 0 aliphatic heterocycles. The molecule has 0 fully saturated rings. The van der Waals surface area contributed by atoms with Crippen LogP contribution in [0.15, 0.2) is 116 Å². The van der Waals surface area contributed by atoms with Crippen molar-refractivity contribution >= 4 is 17.9 Å². The molecule has 4 rings (SSSR count). The van der Waals surface area contributed by atoms with Crippen molar-refractivity contribution in [1.29, 1.82) is 0 Å². The van der Waals surface area contributed by atoms with E-state index in [1.54, 1.807) is 30.3 Å². The molecule has 0 atom stereocenters. The highest BCUT2D eigenvalue weighted by Crippen LogP contribution is 2.24. The van der Waals surface area contributed by atoms with E-state index in [0.29, 0.717) is 11.3 Å². The van der Waals surface area contributed by atoms with Gasteiger partial charge in [0.15, 0.2) is 11.6 Å². The summed E-state index contributed by atoms with van der Waals surface area (Å²) in [4.78, 5) is 35.0. The molecule has 0 aromatic heterocycles. The number of hydrogen-bond donors (Lipinski definition) is 0. The molecule has 4 aromatic carbocycles. The Morgan fingerprint density at radius 3 is 1.95 bits per heavy atom. The lowest BCUT2D eigenvalue weighted by Crippen LogP contribution is -2.10. The van der Waals surface area contributed by atoms with Crippen molar-refractivity contribution in [1.82, 2.24) is 0 Å². The third kappa shape index (κ3) is 8.74. The molecule has 44 heavy (non-hydrogen) atoms. The van der Waals surface area contributed by atoms with Gasteiger partial charge in [0.25, 0.3) is 0 Å². The van der Waals surface area contributed by atoms with Crippen molar-refractivity contribution in [2.45, 2.75) is 6.42 Å². The fourth-order valence-corrected chi connectivity index (χ4v) is 3.69. The summed E-state index contributed by atoms with van der Waals surface area (Å²) in [5.74, 6) is 2.11. The number of carbonyl (C=O) groups excluding carboxylic acids is 3. The number of esters is 3. The zero-order valence-electron chi connectivity index (χ0n) is 23.2. The second-order valence-corrected chi connectivity index (χ2v) is 8.96. The molecule has 0 spiro atoms. The second-order valence-electron chi connectivity index (χ2n) is 8.96. The standard InChI is InChI=1S/C35H24F2O7/c1-3-41-33(38)20-21-42-32-19-8-25(22-31(32)37)5-4-24-6-9-26(10-7-24)27-11-15-30(16-12-27)44-35(40)28-13-17-29(18-14-28)43-34(39)23(2)36/h3,6-19,22H,1-2,20-21H2. The second kappa shape index (κ2) is 14.8. The van der Waals surface area contributed by atoms with Gasteiger partial charge in [0.05, 0.1) is 24.9 Å². The van der Waals surface area contributed by atoms with Crippen LogP contribution in [0.5, 0.6) is 17.2 Å². The molecule has 0 saturated heterocycles. The van der Waals surface area contributed by atoms with Crippen LogP contribution in [0.3, 0.4) is 0 Å². The maximum atomic E-state index is 14.4. The summed E-state index contributed by atoms with van der Waals surface area (Å²) in [6, 6.07) is 24.1. The fraction of sp³-hybridized carbons (Fsp3) is 0.0571. The largest absolute Gasteiger partial charge is 0.490 e. The Kier molecular flexibility index (Phi) is 10.4. The summed E-state index contributed by atoms with van der Waals surface area (Å²) in [5, 5.41) is 0. The number of carbonyl (C=O) groups is 3. The minimum atomic E-state index is -1.23. The number of benzene rings is 4. The number of hydrogen-bond acceptors (Lipinski definition) is 7. The SMILES string of the molecule is C=COC(=O)CCOc1ccc(C#Cc2ccc(-c3ccc(OC(=O)c4ccc(OC(=O)C(=C)F)cc4)cc3)cc2)cc1F. The van der Waals surface area contributed by atoms with Gasteiger partial charge in [0, 0.05) is 11.1 Å². The number of halogens is 2. The van der Waals surface area contributed by atoms with E-state index in [9.17, 15) is 23.2 Å². The van der Waals surface area contributed by atoms with Crippen LogP contribution in [0.1, 0.15) is 27.9 Å². The third-order valence-corrected chi connectivity index (χ3v) is 5.87. The molecule has 9 heteroatoms. The minimum Gasteiger partial charge on any atom is -0.490 e. The van der Waals surface area contributed by atoms with Gasteiger partial charge >= 0.3 is 17.9 Å². The maximum Gasteiger partial charge on any atom is 0.371 e. The zero-order chi connectivity index (χ0) is 31.5. The van der Waals surface area contributed by atoms with Crippen molar-refractivity contribution < 1.29 is 42.1 Å². The molecular formula is C35H24F2O7. The van der Waals surface area contributed by atoms with Crippen molar-refractivity contribution in [3.05, 3.63) is 139 Å². The Labute approximate surface area is 252 Å². The molecular weight excluding hydrogens is 570 g/mol. The van der Waals surface area contributed by atoms with Gasteiger partial charge < -0.3 is 18.9 Å². The summed E-state index contributed by atoms with van der Waals surface area (Å²) in [7, 11) is 0. The normalized spacial score (nSPS) is 10.0. The summed E-state index contributed by atoms with van der Waals surface area (Å²) in [6.45, 7) is 6.12. The van der Waals surface area contributed by atoms with Crippen molar-refractivity contribution in [3.8, 4) is 40.2 Å². The van der Waals surface area contributed by atoms with Crippen molar-refractivity contribution in [2.24, 2.45) is 0 Å². The van der Waals surface area contributed by atoms with E-state index in [4.69, 9.17) is 14.2 Å². The van der Waals surface area contributed by atoms with Gasteiger partial charge in [-0.25, -0.2) is 14.0 Å². The number of rotatable bonds is 10. The van der Waals surface area contributed by atoms with Crippen LogP contribution in [-0.2, 0) is 14.3 Å². The van der Waals surface area contributed by atoms with Crippen LogP contribution in [0.4, 0.5) is 8.78 Å². The van der Waals surface area contributed by atoms with Gasteiger partial charge in [-0.2, -0.15) is 4.39 Å². The van der Waals surface area contributed by atoms with Crippen LogP contribution < -0.4 is 14.2 Å². The molecule has 0 bridgehead atoms. The van der Waals surface area contributed by atoms with Gasteiger partial charge in [-0.05, 0) is 77.9 Å². The van der Waals surface area contributed by atoms with Gasteiger partial charge in [0.2, 0.25) is 5.83 Å². The lowest BCUT2D eigenvalue weighted by Gasteiger charge is -2.07.